The van der Waals surface area contributed by atoms with Gasteiger partial charge in [0.1, 0.15) is 22.9 Å². The molecule has 0 radical (unpaired) electrons. The predicted molar refractivity (Wildman–Crippen MR) is 169 cm³/mol. The van der Waals surface area contributed by atoms with Gasteiger partial charge in [0.15, 0.2) is 0 Å². The van der Waals surface area contributed by atoms with E-state index < -0.39 is 35.3 Å². The number of hydrogen-bond acceptors (Lipinski definition) is 7. The minimum absolute atomic E-state index is 0.00697. The summed E-state index contributed by atoms with van der Waals surface area (Å²) in [6.07, 6.45) is -0.0179. The largest absolute Gasteiger partial charge is 0.447 e. The van der Waals surface area contributed by atoms with Crippen LogP contribution in [0.3, 0.4) is 0 Å². The number of alkyl halides is 4. The quantitative estimate of drug-likeness (QED) is 0.190. The number of piperidine rings is 1. The number of benzene rings is 1. The fourth-order valence-electron chi connectivity index (χ4n) is 4.94. The van der Waals surface area contributed by atoms with Gasteiger partial charge in [-0.15, -0.1) is 0 Å². The first-order valence-corrected chi connectivity index (χ1v) is 15.2. The van der Waals surface area contributed by atoms with Gasteiger partial charge in [0.2, 0.25) is 0 Å². The summed E-state index contributed by atoms with van der Waals surface area (Å²) < 4.78 is 62.9. The lowest BCUT2D eigenvalue weighted by Gasteiger charge is -2.33. The summed E-state index contributed by atoms with van der Waals surface area (Å²) in [7, 11) is 3.26. The number of halogens is 4. The molecule has 3 aromatic rings. The molecular weight excluding hydrogens is 624 g/mol. The number of nitriles is 1. The van der Waals surface area contributed by atoms with Crippen molar-refractivity contribution in [3.63, 3.8) is 0 Å². The van der Waals surface area contributed by atoms with E-state index >= 15 is 0 Å². The highest BCUT2D eigenvalue weighted by Gasteiger charge is 2.33. The van der Waals surface area contributed by atoms with E-state index in [9.17, 15) is 32.4 Å². The number of rotatable bonds is 6. The molecule has 2 atom stereocenters. The standard InChI is InChI=1S/C32H34F4N6O3S/c1-31(2,3)45-30(44)42(26-11-10-20(28(43)38-4)16-22(26)18-37)14-6-8-21-17-27-25(39-24-12-15-40(5)19-23(24)33)9-7-13-41(27)29(21)46-32(34,35)36/h7,9-11,13,16-17,23-24,39H,12,14-15,19H2,1-5H3,(H,38,43)/t23-,24+/m0/s1. The number of likely N-dealkylation sites (tertiary alicyclic amines) is 1. The lowest BCUT2D eigenvalue weighted by Crippen LogP contribution is -2.46. The van der Waals surface area contributed by atoms with Crippen molar-refractivity contribution >= 4 is 40.7 Å². The number of hydrogen-bond donors (Lipinski definition) is 2. The zero-order valence-electron chi connectivity index (χ0n) is 26.0. The van der Waals surface area contributed by atoms with Crippen LogP contribution in [0, 0.1) is 23.2 Å². The first kappa shape index (κ1) is 34.5. The molecule has 1 fully saturated rings. The predicted octanol–water partition coefficient (Wildman–Crippen LogP) is 6.03. The van der Waals surface area contributed by atoms with Gasteiger partial charge in [-0.1, -0.05) is 11.8 Å². The van der Waals surface area contributed by atoms with Crippen LogP contribution < -0.4 is 15.5 Å². The van der Waals surface area contributed by atoms with Crippen molar-refractivity contribution in [2.75, 3.05) is 43.9 Å². The molecule has 2 aromatic heterocycles. The molecule has 0 bridgehead atoms. The van der Waals surface area contributed by atoms with Crippen molar-refractivity contribution < 1.29 is 31.9 Å². The Morgan fingerprint density at radius 1 is 1.17 bits per heavy atom. The third-order valence-electron chi connectivity index (χ3n) is 7.03. The summed E-state index contributed by atoms with van der Waals surface area (Å²) in [6.45, 7) is 5.53. The van der Waals surface area contributed by atoms with Crippen LogP contribution in [0.15, 0.2) is 47.6 Å². The Morgan fingerprint density at radius 2 is 1.91 bits per heavy atom. The van der Waals surface area contributed by atoms with Crippen LogP contribution in [0.1, 0.15) is 48.7 Å². The van der Waals surface area contributed by atoms with Gasteiger partial charge in [0, 0.05) is 43.7 Å². The molecule has 0 spiro atoms. The van der Waals surface area contributed by atoms with Crippen molar-refractivity contribution in [3.8, 4) is 17.9 Å². The minimum atomic E-state index is -4.64. The lowest BCUT2D eigenvalue weighted by atomic mass is 10.0. The van der Waals surface area contributed by atoms with Gasteiger partial charge in [-0.3, -0.25) is 9.69 Å². The Kier molecular flexibility index (Phi) is 10.4. The van der Waals surface area contributed by atoms with Crippen LogP contribution >= 0.6 is 11.8 Å². The smallest absolute Gasteiger partial charge is 0.443 e. The van der Waals surface area contributed by atoms with E-state index in [1.54, 1.807) is 32.9 Å². The molecule has 46 heavy (non-hydrogen) atoms. The number of nitrogens with one attached hydrogen (secondary N) is 2. The van der Waals surface area contributed by atoms with Gasteiger partial charge in [0.25, 0.3) is 5.91 Å². The molecule has 1 saturated heterocycles. The number of nitrogens with zero attached hydrogens (tertiary/aromatic N) is 4. The second-order valence-corrected chi connectivity index (χ2v) is 12.8. The van der Waals surface area contributed by atoms with Crippen molar-refractivity contribution in [1.82, 2.24) is 14.6 Å². The number of pyridine rings is 1. The molecule has 4 rings (SSSR count). The third-order valence-corrected chi connectivity index (χ3v) is 7.87. The summed E-state index contributed by atoms with van der Waals surface area (Å²) in [5.74, 6) is 5.11. The van der Waals surface area contributed by atoms with Crippen LogP contribution in [-0.2, 0) is 4.74 Å². The van der Waals surface area contributed by atoms with Crippen LogP contribution in [0.25, 0.3) is 5.52 Å². The van der Waals surface area contributed by atoms with E-state index in [-0.39, 0.29) is 52.3 Å². The number of fused-ring (bicyclic) bond motifs is 1. The second kappa shape index (κ2) is 13.9. The Labute approximate surface area is 268 Å². The van der Waals surface area contributed by atoms with Crippen LogP contribution in [-0.4, -0.2) is 78.4 Å². The summed E-state index contributed by atoms with van der Waals surface area (Å²) in [5.41, 5.74) is -4.38. The zero-order valence-corrected chi connectivity index (χ0v) is 26.8. The molecule has 0 unspecified atom stereocenters. The fourth-order valence-corrected chi connectivity index (χ4v) is 5.64. The Hall–Kier alpha value is -4.40. The molecule has 1 aromatic carbocycles. The van der Waals surface area contributed by atoms with E-state index in [4.69, 9.17) is 4.74 Å². The van der Waals surface area contributed by atoms with Gasteiger partial charge in [-0.05, 0) is 70.6 Å². The zero-order chi connectivity index (χ0) is 33.8. The Balaban J connectivity index is 1.74. The van der Waals surface area contributed by atoms with E-state index in [0.29, 0.717) is 24.2 Å². The normalized spacial score (nSPS) is 17.0. The van der Waals surface area contributed by atoms with Crippen LogP contribution in [0.5, 0.6) is 0 Å². The molecule has 3 heterocycles. The number of aromatic nitrogens is 1. The Bertz CT molecular complexity index is 1720. The highest BCUT2D eigenvalue weighted by Crippen LogP contribution is 2.41. The Morgan fingerprint density at radius 3 is 2.54 bits per heavy atom. The lowest BCUT2D eigenvalue weighted by molar-refractivity contribution is -0.0330. The van der Waals surface area contributed by atoms with Gasteiger partial charge >= 0.3 is 11.6 Å². The number of ether oxygens (including phenoxy) is 1. The molecule has 0 aliphatic carbocycles. The summed E-state index contributed by atoms with van der Waals surface area (Å²) >= 11 is -0.333. The molecule has 9 nitrogen and oxygen atoms in total. The van der Waals surface area contributed by atoms with Gasteiger partial charge in [-0.2, -0.15) is 18.4 Å². The number of carbonyl (C=O) groups excluding carboxylic acids is 2. The first-order chi connectivity index (χ1) is 21.6. The number of thioether (sulfide) groups is 1. The SMILES string of the molecule is CNC(=O)c1ccc(N(CC#Cc2cc3c(N[C@@H]4CCN(C)C[C@@H]4F)cccn3c2SC(F)(F)F)C(=O)OC(C)(C)C)c(C#N)c1. The summed E-state index contributed by atoms with van der Waals surface area (Å²) in [5, 5.41) is 15.3. The van der Waals surface area contributed by atoms with Crippen LogP contribution in [0.4, 0.5) is 33.7 Å². The maximum atomic E-state index is 14.8. The first-order valence-electron chi connectivity index (χ1n) is 14.3. The summed E-state index contributed by atoms with van der Waals surface area (Å²) in [4.78, 5) is 28.4. The average molecular weight is 659 g/mol. The van der Waals surface area contributed by atoms with Crippen molar-refractivity contribution in [1.29, 1.82) is 5.26 Å². The second-order valence-electron chi connectivity index (χ2n) is 11.7. The fraction of sp³-hybridized carbons (Fsp3) is 0.406. The number of amides is 2. The van der Waals surface area contributed by atoms with E-state index in [0.717, 1.165) is 4.90 Å². The van der Waals surface area contributed by atoms with Gasteiger partial charge in [-0.25, -0.2) is 9.18 Å². The summed E-state index contributed by atoms with van der Waals surface area (Å²) in [6, 6.07) is 10.4. The minimum Gasteiger partial charge on any atom is -0.443 e. The van der Waals surface area contributed by atoms with Gasteiger partial charge < -0.3 is 24.7 Å². The van der Waals surface area contributed by atoms with E-state index in [1.165, 1.54) is 41.9 Å². The van der Waals surface area contributed by atoms with Gasteiger partial charge in [0.05, 0.1) is 40.6 Å². The highest BCUT2D eigenvalue weighted by molar-refractivity contribution is 8.00. The molecule has 1 aliphatic rings. The van der Waals surface area contributed by atoms with Crippen LogP contribution in [0.2, 0.25) is 0 Å². The molecule has 2 N–H and O–H groups in total. The molecule has 0 saturated carbocycles. The van der Waals surface area contributed by atoms with Crippen molar-refractivity contribution in [2.45, 2.75) is 55.5 Å². The maximum absolute atomic E-state index is 14.8. The highest BCUT2D eigenvalue weighted by atomic mass is 32.2. The van der Waals surface area contributed by atoms with Crippen molar-refractivity contribution in [3.05, 3.63) is 59.3 Å². The van der Waals surface area contributed by atoms with E-state index in [1.807, 2.05) is 18.0 Å². The molecular formula is C32H34F4N6O3S. The molecule has 1 aliphatic heterocycles. The van der Waals surface area contributed by atoms with Crippen molar-refractivity contribution in [2.24, 2.45) is 0 Å². The molecule has 14 heteroatoms. The molecule has 244 valence electrons. The third kappa shape index (κ3) is 8.44. The number of anilines is 2. The maximum Gasteiger partial charge on any atom is 0.447 e. The number of carbonyl (C=O) groups is 2. The average Bonchev–Trinajstić information content (AvgIpc) is 3.31. The molecule has 2 amide bonds. The monoisotopic (exact) mass is 658 g/mol. The topological polar surface area (TPSA) is 102 Å². The van der Waals surface area contributed by atoms with E-state index in [2.05, 4.69) is 22.5 Å².